The van der Waals surface area contributed by atoms with E-state index in [0.29, 0.717) is 10.6 Å². The van der Waals surface area contributed by atoms with Crippen LogP contribution < -0.4 is 5.32 Å². The number of hydrogen-bond acceptors (Lipinski definition) is 6. The number of nitrogens with one attached hydrogen (secondary N) is 1. The SMILES string of the molecule is COC(=O)c1c(NC(=O)c2ccc([N+](=O)[O-])cc2Cl)sc2c1CCCC2. The van der Waals surface area contributed by atoms with Gasteiger partial charge in [0.05, 0.1) is 28.2 Å². The topological polar surface area (TPSA) is 98.5 Å². The second-order valence-corrected chi connectivity index (χ2v) is 7.29. The van der Waals surface area contributed by atoms with Gasteiger partial charge in [-0.2, -0.15) is 0 Å². The Labute approximate surface area is 158 Å². The van der Waals surface area contributed by atoms with Crippen molar-refractivity contribution in [2.75, 3.05) is 12.4 Å². The highest BCUT2D eigenvalue weighted by atomic mass is 35.5. The van der Waals surface area contributed by atoms with Crippen LogP contribution in [0, 0.1) is 10.1 Å². The fourth-order valence-corrected chi connectivity index (χ4v) is 4.48. The van der Waals surface area contributed by atoms with Gasteiger partial charge in [0.1, 0.15) is 5.00 Å². The van der Waals surface area contributed by atoms with E-state index in [9.17, 15) is 19.7 Å². The Morgan fingerprint density at radius 3 is 2.69 bits per heavy atom. The molecule has 26 heavy (non-hydrogen) atoms. The number of rotatable bonds is 4. The highest BCUT2D eigenvalue weighted by Gasteiger charge is 2.27. The van der Waals surface area contributed by atoms with Gasteiger partial charge in [-0.05, 0) is 37.3 Å². The number of esters is 1. The Balaban J connectivity index is 1.94. The van der Waals surface area contributed by atoms with E-state index >= 15 is 0 Å². The van der Waals surface area contributed by atoms with Gasteiger partial charge in [0.2, 0.25) is 0 Å². The van der Waals surface area contributed by atoms with Crippen molar-refractivity contribution in [1.29, 1.82) is 0 Å². The third-order valence-corrected chi connectivity index (χ3v) is 5.72. The van der Waals surface area contributed by atoms with Crippen LogP contribution in [0.25, 0.3) is 0 Å². The van der Waals surface area contributed by atoms with Gasteiger partial charge in [-0.3, -0.25) is 14.9 Å². The Morgan fingerprint density at radius 2 is 2.04 bits per heavy atom. The standard InChI is InChI=1S/C17H15ClN2O5S/c1-25-17(22)14-11-4-2-3-5-13(11)26-16(14)19-15(21)10-7-6-9(20(23)24)8-12(10)18/h6-8H,2-5H2,1H3,(H,19,21). The molecule has 0 fully saturated rings. The van der Waals surface area contributed by atoms with Gasteiger partial charge in [0, 0.05) is 17.0 Å². The molecule has 9 heteroatoms. The fourth-order valence-electron chi connectivity index (χ4n) is 2.94. The van der Waals surface area contributed by atoms with Gasteiger partial charge in [0.15, 0.2) is 0 Å². The van der Waals surface area contributed by atoms with E-state index in [1.165, 1.54) is 30.6 Å². The van der Waals surface area contributed by atoms with Crippen molar-refractivity contribution in [3.63, 3.8) is 0 Å². The summed E-state index contributed by atoms with van der Waals surface area (Å²) in [6.45, 7) is 0. The second kappa shape index (κ2) is 7.43. The van der Waals surface area contributed by atoms with Crippen LogP contribution in [0.4, 0.5) is 10.7 Å². The number of nitrogens with zero attached hydrogens (tertiary/aromatic N) is 1. The van der Waals surface area contributed by atoms with Crippen LogP contribution in [-0.2, 0) is 17.6 Å². The molecule has 0 bridgehead atoms. The number of halogens is 1. The highest BCUT2D eigenvalue weighted by Crippen LogP contribution is 2.39. The number of aryl methyl sites for hydroxylation is 1. The molecular weight excluding hydrogens is 380 g/mol. The van der Waals surface area contributed by atoms with Crippen LogP contribution in [0.1, 0.15) is 44.0 Å². The number of nitro groups is 1. The first-order chi connectivity index (χ1) is 12.4. The van der Waals surface area contributed by atoms with Gasteiger partial charge >= 0.3 is 5.97 Å². The lowest BCUT2D eigenvalue weighted by Crippen LogP contribution is -2.15. The zero-order valence-electron chi connectivity index (χ0n) is 13.8. The van der Waals surface area contributed by atoms with Crippen molar-refractivity contribution < 1.29 is 19.2 Å². The number of carbonyl (C=O) groups excluding carboxylic acids is 2. The van der Waals surface area contributed by atoms with E-state index in [1.807, 2.05) is 0 Å². The Bertz CT molecular complexity index is 909. The molecule has 0 unspecified atom stereocenters. The smallest absolute Gasteiger partial charge is 0.341 e. The predicted octanol–water partition coefficient (Wildman–Crippen LogP) is 4.23. The summed E-state index contributed by atoms with van der Waals surface area (Å²) in [6.07, 6.45) is 3.65. The van der Waals surface area contributed by atoms with Crippen LogP contribution in [0.5, 0.6) is 0 Å². The zero-order valence-corrected chi connectivity index (χ0v) is 15.4. The Morgan fingerprint density at radius 1 is 1.31 bits per heavy atom. The molecule has 1 aromatic carbocycles. The summed E-state index contributed by atoms with van der Waals surface area (Å²) in [6, 6.07) is 3.62. The number of fused-ring (bicyclic) bond motifs is 1. The molecule has 3 rings (SSSR count). The molecular formula is C17H15ClN2O5S. The van der Waals surface area contributed by atoms with Gasteiger partial charge in [0.25, 0.3) is 11.6 Å². The molecule has 0 spiro atoms. The second-order valence-electron chi connectivity index (χ2n) is 5.78. The summed E-state index contributed by atoms with van der Waals surface area (Å²) in [7, 11) is 1.30. The minimum absolute atomic E-state index is 0.0300. The normalized spacial score (nSPS) is 13.0. The lowest BCUT2D eigenvalue weighted by Gasteiger charge is -2.11. The summed E-state index contributed by atoms with van der Waals surface area (Å²) in [5, 5.41) is 13.9. The fraction of sp³-hybridized carbons (Fsp3) is 0.294. The van der Waals surface area contributed by atoms with Crippen LogP contribution in [-0.4, -0.2) is 23.9 Å². The molecule has 2 aromatic rings. The number of carbonyl (C=O) groups is 2. The number of anilines is 1. The molecule has 1 N–H and O–H groups in total. The van der Waals surface area contributed by atoms with Gasteiger partial charge in [-0.1, -0.05) is 11.6 Å². The molecule has 0 aliphatic heterocycles. The van der Waals surface area contributed by atoms with Crippen molar-refractivity contribution in [1.82, 2.24) is 0 Å². The largest absolute Gasteiger partial charge is 0.465 e. The van der Waals surface area contributed by atoms with Gasteiger partial charge < -0.3 is 10.1 Å². The minimum atomic E-state index is -0.587. The molecule has 1 aromatic heterocycles. The lowest BCUT2D eigenvalue weighted by molar-refractivity contribution is -0.384. The van der Waals surface area contributed by atoms with Crippen molar-refractivity contribution in [3.8, 4) is 0 Å². The number of amides is 1. The summed E-state index contributed by atoms with van der Waals surface area (Å²) >= 11 is 7.37. The molecule has 0 radical (unpaired) electrons. The summed E-state index contributed by atoms with van der Waals surface area (Å²) < 4.78 is 4.87. The van der Waals surface area contributed by atoms with Crippen molar-refractivity contribution in [3.05, 3.63) is 54.9 Å². The maximum Gasteiger partial charge on any atom is 0.341 e. The van der Waals surface area contributed by atoms with E-state index in [-0.39, 0.29) is 16.3 Å². The Hall–Kier alpha value is -2.45. The number of thiophene rings is 1. The first-order valence-electron chi connectivity index (χ1n) is 7.90. The molecule has 136 valence electrons. The average molecular weight is 395 g/mol. The highest BCUT2D eigenvalue weighted by molar-refractivity contribution is 7.17. The van der Waals surface area contributed by atoms with E-state index in [1.54, 1.807) is 0 Å². The summed E-state index contributed by atoms with van der Waals surface area (Å²) in [5.41, 5.74) is 1.21. The molecule has 1 aliphatic rings. The van der Waals surface area contributed by atoms with E-state index < -0.39 is 16.8 Å². The molecule has 1 amide bonds. The maximum atomic E-state index is 12.6. The van der Waals surface area contributed by atoms with Crippen molar-refractivity contribution >= 4 is 45.5 Å². The molecule has 0 saturated heterocycles. The molecule has 0 atom stereocenters. The van der Waals surface area contributed by atoms with Crippen LogP contribution in [0.15, 0.2) is 18.2 Å². The van der Waals surface area contributed by atoms with Crippen molar-refractivity contribution in [2.24, 2.45) is 0 Å². The average Bonchev–Trinajstić information content (AvgIpc) is 2.98. The van der Waals surface area contributed by atoms with Crippen LogP contribution in [0.3, 0.4) is 0 Å². The quantitative estimate of drug-likeness (QED) is 0.475. The third-order valence-electron chi connectivity index (χ3n) is 4.20. The summed E-state index contributed by atoms with van der Waals surface area (Å²) in [5.74, 6) is -1.02. The van der Waals surface area contributed by atoms with Gasteiger partial charge in [-0.25, -0.2) is 4.79 Å². The van der Waals surface area contributed by atoms with Crippen molar-refractivity contribution in [2.45, 2.75) is 25.7 Å². The lowest BCUT2D eigenvalue weighted by atomic mass is 9.95. The summed E-state index contributed by atoms with van der Waals surface area (Å²) in [4.78, 5) is 36.1. The first-order valence-corrected chi connectivity index (χ1v) is 9.10. The monoisotopic (exact) mass is 394 g/mol. The third kappa shape index (κ3) is 3.42. The zero-order chi connectivity index (χ0) is 18.8. The number of non-ortho nitro benzene ring substituents is 1. The van der Waals surface area contributed by atoms with E-state index in [0.717, 1.165) is 42.2 Å². The predicted molar refractivity (Wildman–Crippen MR) is 98.4 cm³/mol. The first kappa shape index (κ1) is 18.3. The minimum Gasteiger partial charge on any atom is -0.465 e. The van der Waals surface area contributed by atoms with Crippen LogP contribution in [0.2, 0.25) is 5.02 Å². The number of methoxy groups -OCH3 is 1. The maximum absolute atomic E-state index is 12.6. The number of hydrogen-bond donors (Lipinski definition) is 1. The number of nitro benzene ring substituents is 1. The molecule has 7 nitrogen and oxygen atoms in total. The molecule has 1 aliphatic carbocycles. The number of benzene rings is 1. The van der Waals surface area contributed by atoms with E-state index in [2.05, 4.69) is 5.32 Å². The molecule has 1 heterocycles. The Kier molecular flexibility index (Phi) is 5.24. The van der Waals surface area contributed by atoms with Gasteiger partial charge in [-0.15, -0.1) is 11.3 Å². The van der Waals surface area contributed by atoms with Crippen LogP contribution >= 0.6 is 22.9 Å². The van der Waals surface area contributed by atoms with E-state index in [4.69, 9.17) is 16.3 Å². The molecule has 0 saturated carbocycles. The number of ether oxygens (including phenoxy) is 1.